The molecular weight excluding hydrogens is 240 g/mol. The molecule has 1 aromatic rings. The lowest BCUT2D eigenvalue weighted by molar-refractivity contribution is 0.174. The summed E-state index contributed by atoms with van der Waals surface area (Å²) < 4.78 is 10.7. The van der Waals surface area contributed by atoms with Crippen molar-refractivity contribution in [2.24, 2.45) is 5.41 Å². The first-order chi connectivity index (χ1) is 9.00. The van der Waals surface area contributed by atoms with E-state index in [0.717, 1.165) is 31.0 Å². The lowest BCUT2D eigenvalue weighted by Gasteiger charge is -2.24. The van der Waals surface area contributed by atoms with E-state index in [4.69, 9.17) is 14.7 Å². The number of nitriles is 1. The number of fused-ring (bicyclic) bond motifs is 1. The van der Waals surface area contributed by atoms with Gasteiger partial charge in [0.05, 0.1) is 11.5 Å². The lowest BCUT2D eigenvalue weighted by Crippen LogP contribution is -2.31. The van der Waals surface area contributed by atoms with Crippen molar-refractivity contribution in [3.05, 3.63) is 23.8 Å². The molecule has 0 N–H and O–H groups in total. The normalized spacial score (nSPS) is 13.6. The van der Waals surface area contributed by atoms with E-state index in [-0.39, 0.29) is 5.41 Å². The van der Waals surface area contributed by atoms with Crippen LogP contribution in [0, 0.1) is 16.7 Å². The van der Waals surface area contributed by atoms with Crippen molar-refractivity contribution in [2.75, 3.05) is 26.9 Å². The van der Waals surface area contributed by atoms with Crippen molar-refractivity contribution in [3.63, 3.8) is 0 Å². The molecule has 0 bridgehead atoms. The van der Waals surface area contributed by atoms with Gasteiger partial charge in [0.15, 0.2) is 11.5 Å². The molecule has 0 unspecified atom stereocenters. The first-order valence-electron chi connectivity index (χ1n) is 6.48. The van der Waals surface area contributed by atoms with Gasteiger partial charge in [-0.05, 0) is 45.0 Å². The zero-order chi connectivity index (χ0) is 13.9. The van der Waals surface area contributed by atoms with Crippen LogP contribution in [0.15, 0.2) is 18.2 Å². The van der Waals surface area contributed by atoms with Gasteiger partial charge in [-0.3, -0.25) is 0 Å². The van der Waals surface area contributed by atoms with Gasteiger partial charge in [0.25, 0.3) is 0 Å². The molecular formula is C15H20N2O2. The summed E-state index contributed by atoms with van der Waals surface area (Å²) in [7, 11) is 2.05. The second kappa shape index (κ2) is 5.50. The first-order valence-corrected chi connectivity index (χ1v) is 6.48. The molecule has 4 nitrogen and oxygen atoms in total. The highest BCUT2D eigenvalue weighted by Gasteiger charge is 2.19. The third kappa shape index (κ3) is 3.62. The Morgan fingerprint density at radius 3 is 2.79 bits per heavy atom. The molecule has 19 heavy (non-hydrogen) atoms. The van der Waals surface area contributed by atoms with Crippen LogP contribution in [0.25, 0.3) is 0 Å². The minimum Gasteiger partial charge on any atom is -0.454 e. The third-order valence-electron chi connectivity index (χ3n) is 3.19. The summed E-state index contributed by atoms with van der Waals surface area (Å²) in [6.07, 6.45) is 0.939. The summed E-state index contributed by atoms with van der Waals surface area (Å²) in [5.41, 5.74) is 0.926. The Morgan fingerprint density at radius 2 is 2.05 bits per heavy atom. The topological polar surface area (TPSA) is 45.5 Å². The maximum Gasteiger partial charge on any atom is 0.231 e. The molecule has 4 heteroatoms. The summed E-state index contributed by atoms with van der Waals surface area (Å²) in [5, 5.41) is 9.03. The van der Waals surface area contributed by atoms with Crippen molar-refractivity contribution in [1.29, 1.82) is 5.26 Å². The van der Waals surface area contributed by atoms with Gasteiger partial charge in [0, 0.05) is 13.1 Å². The summed E-state index contributed by atoms with van der Waals surface area (Å²) in [6, 6.07) is 8.38. The van der Waals surface area contributed by atoms with E-state index in [1.165, 1.54) is 5.56 Å². The fourth-order valence-electron chi connectivity index (χ4n) is 2.21. The van der Waals surface area contributed by atoms with E-state index in [1.54, 1.807) is 0 Å². The number of hydrogen-bond donors (Lipinski definition) is 0. The van der Waals surface area contributed by atoms with Crippen LogP contribution in [0.5, 0.6) is 11.5 Å². The van der Waals surface area contributed by atoms with E-state index in [2.05, 4.69) is 17.0 Å². The molecule has 1 heterocycles. The van der Waals surface area contributed by atoms with Gasteiger partial charge >= 0.3 is 0 Å². The Labute approximate surface area is 114 Å². The summed E-state index contributed by atoms with van der Waals surface area (Å²) >= 11 is 0. The molecule has 0 saturated heterocycles. The van der Waals surface area contributed by atoms with Gasteiger partial charge in [0.2, 0.25) is 6.79 Å². The minimum atomic E-state index is -0.302. The average Bonchev–Trinajstić information content (AvgIpc) is 2.83. The summed E-state index contributed by atoms with van der Waals surface area (Å²) in [4.78, 5) is 2.19. The van der Waals surface area contributed by atoms with Gasteiger partial charge in [-0.1, -0.05) is 6.07 Å². The van der Waals surface area contributed by atoms with E-state index in [0.29, 0.717) is 6.79 Å². The van der Waals surface area contributed by atoms with Gasteiger partial charge in [0.1, 0.15) is 0 Å². The van der Waals surface area contributed by atoms with Crippen LogP contribution in [-0.2, 0) is 6.42 Å². The predicted octanol–water partition coefficient (Wildman–Crippen LogP) is 2.44. The summed E-state index contributed by atoms with van der Waals surface area (Å²) in [6.45, 7) is 5.93. The van der Waals surface area contributed by atoms with Crippen LogP contribution in [0.1, 0.15) is 19.4 Å². The van der Waals surface area contributed by atoms with Crippen molar-refractivity contribution >= 4 is 0 Å². The SMILES string of the molecule is CN(CCc1ccc2c(c1)OCO2)CC(C)(C)C#N. The molecule has 0 atom stereocenters. The fraction of sp³-hybridized carbons (Fsp3) is 0.533. The molecule has 1 aromatic carbocycles. The van der Waals surface area contributed by atoms with Gasteiger partial charge in [-0.15, -0.1) is 0 Å². The molecule has 0 spiro atoms. The molecule has 0 fully saturated rings. The highest BCUT2D eigenvalue weighted by atomic mass is 16.7. The van der Waals surface area contributed by atoms with Gasteiger partial charge < -0.3 is 14.4 Å². The van der Waals surface area contributed by atoms with E-state index in [9.17, 15) is 0 Å². The quantitative estimate of drug-likeness (QED) is 0.815. The van der Waals surface area contributed by atoms with Crippen LogP contribution in [0.2, 0.25) is 0 Å². The highest BCUT2D eigenvalue weighted by Crippen LogP contribution is 2.32. The molecule has 0 aromatic heterocycles. The zero-order valence-corrected chi connectivity index (χ0v) is 11.8. The number of benzene rings is 1. The number of nitrogens with zero attached hydrogens (tertiary/aromatic N) is 2. The Bertz CT molecular complexity index is 491. The van der Waals surface area contributed by atoms with Crippen LogP contribution in [0.4, 0.5) is 0 Å². The van der Waals surface area contributed by atoms with Crippen LogP contribution < -0.4 is 9.47 Å². The average molecular weight is 260 g/mol. The second-order valence-corrected chi connectivity index (χ2v) is 5.67. The van der Waals surface area contributed by atoms with Crippen molar-refractivity contribution in [3.8, 4) is 17.6 Å². The largest absolute Gasteiger partial charge is 0.454 e. The molecule has 0 aliphatic carbocycles. The number of ether oxygens (including phenoxy) is 2. The first kappa shape index (κ1) is 13.7. The summed E-state index contributed by atoms with van der Waals surface area (Å²) in [5.74, 6) is 1.65. The predicted molar refractivity (Wildman–Crippen MR) is 73.2 cm³/mol. The lowest BCUT2D eigenvalue weighted by atomic mass is 9.95. The molecule has 1 aliphatic heterocycles. The second-order valence-electron chi connectivity index (χ2n) is 5.67. The molecule has 0 saturated carbocycles. The monoisotopic (exact) mass is 260 g/mol. The zero-order valence-electron chi connectivity index (χ0n) is 11.8. The minimum absolute atomic E-state index is 0.302. The standard InChI is InChI=1S/C15H20N2O2/c1-15(2,9-16)10-17(3)7-6-12-4-5-13-14(8-12)19-11-18-13/h4-5,8H,6-7,10-11H2,1-3H3. The van der Waals surface area contributed by atoms with E-state index in [1.807, 2.05) is 33.0 Å². The molecule has 0 amide bonds. The molecule has 0 radical (unpaired) electrons. The van der Waals surface area contributed by atoms with Crippen LogP contribution >= 0.6 is 0 Å². The fourth-order valence-corrected chi connectivity index (χ4v) is 2.21. The number of likely N-dealkylation sites (N-methyl/N-ethyl adjacent to an activating group) is 1. The van der Waals surface area contributed by atoms with Crippen LogP contribution in [0.3, 0.4) is 0 Å². The smallest absolute Gasteiger partial charge is 0.231 e. The van der Waals surface area contributed by atoms with E-state index < -0.39 is 0 Å². The van der Waals surface area contributed by atoms with E-state index >= 15 is 0 Å². The Hall–Kier alpha value is -1.73. The molecule has 1 aliphatic rings. The third-order valence-corrected chi connectivity index (χ3v) is 3.19. The molecule has 102 valence electrons. The van der Waals surface area contributed by atoms with Gasteiger partial charge in [-0.25, -0.2) is 0 Å². The van der Waals surface area contributed by atoms with Crippen molar-refractivity contribution < 1.29 is 9.47 Å². The Balaban J connectivity index is 1.87. The Morgan fingerprint density at radius 1 is 1.32 bits per heavy atom. The Kier molecular flexibility index (Phi) is 3.96. The maximum atomic E-state index is 9.03. The van der Waals surface area contributed by atoms with Crippen molar-refractivity contribution in [1.82, 2.24) is 4.90 Å². The van der Waals surface area contributed by atoms with Gasteiger partial charge in [-0.2, -0.15) is 5.26 Å². The van der Waals surface area contributed by atoms with Crippen LogP contribution in [-0.4, -0.2) is 31.8 Å². The number of rotatable bonds is 5. The number of hydrogen-bond acceptors (Lipinski definition) is 4. The highest BCUT2D eigenvalue weighted by molar-refractivity contribution is 5.44. The maximum absolute atomic E-state index is 9.03. The molecule has 2 rings (SSSR count). The van der Waals surface area contributed by atoms with Crippen molar-refractivity contribution in [2.45, 2.75) is 20.3 Å².